The summed E-state index contributed by atoms with van der Waals surface area (Å²) in [4.78, 5) is 1.11. The molecule has 188 valence electrons. The van der Waals surface area contributed by atoms with Gasteiger partial charge in [-0.25, -0.2) is 4.74 Å². The number of hydrogen-bond acceptors (Lipinski definition) is 3. The van der Waals surface area contributed by atoms with Gasteiger partial charge >= 0.3 is 31.4 Å². The number of para-hydroxylation sites is 1. The van der Waals surface area contributed by atoms with E-state index in [9.17, 15) is 43.5 Å². The summed E-state index contributed by atoms with van der Waals surface area (Å²) in [7, 11) is -5.31. The molecule has 1 aliphatic carbocycles. The molecular weight excluding hydrogens is 603 g/mol. The summed E-state index contributed by atoms with van der Waals surface area (Å²) in [5.74, 6) is -1.23. The molecule has 0 N–H and O–H groups in total. The van der Waals surface area contributed by atoms with Crippen LogP contribution in [0.3, 0.4) is 0 Å². The van der Waals surface area contributed by atoms with Crippen molar-refractivity contribution >= 4 is 44.1 Å². The Morgan fingerprint density at radius 2 is 1.48 bits per heavy atom. The summed E-state index contributed by atoms with van der Waals surface area (Å²) in [5.41, 5.74) is 0.291. The van der Waals surface area contributed by atoms with E-state index in [1.807, 2.05) is 0 Å². The van der Waals surface area contributed by atoms with Gasteiger partial charge in [0.1, 0.15) is 5.84 Å². The Balaban J connectivity index is 2.52. The SMILES string of the molecule is CN(/C(=N/S(=O)(=O)C(F)(F)C(F)(F)OC(F)(F)C(F)(F)I)C1CCCCC1)c1ccccc1. The number of hydrogen-bond donors (Lipinski definition) is 0. The van der Waals surface area contributed by atoms with Gasteiger partial charge in [-0.15, -0.1) is 4.40 Å². The average molecular weight is 622 g/mol. The second-order valence-electron chi connectivity index (χ2n) is 7.30. The van der Waals surface area contributed by atoms with Gasteiger partial charge < -0.3 is 4.90 Å². The number of halogens is 9. The van der Waals surface area contributed by atoms with Gasteiger partial charge in [-0.05, 0) is 25.0 Å². The molecule has 0 aliphatic heterocycles. The average Bonchev–Trinajstić information content (AvgIpc) is 2.71. The number of alkyl halides is 9. The van der Waals surface area contributed by atoms with Crippen LogP contribution in [0.4, 0.5) is 40.8 Å². The highest BCUT2D eigenvalue weighted by molar-refractivity contribution is 14.1. The monoisotopic (exact) mass is 622 g/mol. The quantitative estimate of drug-likeness (QED) is 0.113. The highest BCUT2D eigenvalue weighted by Crippen LogP contribution is 2.49. The first kappa shape index (κ1) is 28.0. The van der Waals surface area contributed by atoms with E-state index in [0.29, 0.717) is 31.4 Å². The van der Waals surface area contributed by atoms with Crippen molar-refractivity contribution in [3.8, 4) is 0 Å². The summed E-state index contributed by atoms with van der Waals surface area (Å²) in [6, 6.07) is 7.65. The third-order valence-electron chi connectivity index (χ3n) is 4.92. The van der Waals surface area contributed by atoms with Crippen molar-refractivity contribution in [2.24, 2.45) is 10.3 Å². The molecule has 0 amide bonds. The number of amidine groups is 1. The van der Waals surface area contributed by atoms with Gasteiger partial charge in [0.2, 0.25) is 0 Å². The van der Waals surface area contributed by atoms with Gasteiger partial charge in [0.15, 0.2) is 0 Å². The number of ether oxygens (including phenoxy) is 1. The van der Waals surface area contributed by atoms with Crippen LogP contribution in [0.15, 0.2) is 34.7 Å². The zero-order valence-corrected chi connectivity index (χ0v) is 19.9. The van der Waals surface area contributed by atoms with E-state index in [-0.39, 0.29) is 22.6 Å². The zero-order chi connectivity index (χ0) is 25.3. The van der Waals surface area contributed by atoms with E-state index >= 15 is 0 Å². The fourth-order valence-corrected chi connectivity index (χ4v) is 4.25. The van der Waals surface area contributed by atoms with Crippen LogP contribution in [0.25, 0.3) is 0 Å². The minimum absolute atomic E-state index is 0.291. The molecule has 0 radical (unpaired) electrons. The number of rotatable bonds is 8. The number of sulfonamides is 1. The van der Waals surface area contributed by atoms with Crippen LogP contribution in [-0.2, 0) is 14.8 Å². The van der Waals surface area contributed by atoms with E-state index in [1.54, 1.807) is 18.2 Å². The van der Waals surface area contributed by atoms with Crippen LogP contribution in [0.1, 0.15) is 32.1 Å². The van der Waals surface area contributed by atoms with Crippen molar-refractivity contribution in [3.63, 3.8) is 0 Å². The number of benzene rings is 1. The molecule has 0 heterocycles. The topological polar surface area (TPSA) is 59.0 Å². The molecule has 5 nitrogen and oxygen atoms in total. The molecule has 1 aromatic carbocycles. The molecule has 15 heteroatoms. The first-order valence-corrected chi connectivity index (χ1v) is 12.0. The van der Waals surface area contributed by atoms with Crippen molar-refractivity contribution in [3.05, 3.63) is 30.3 Å². The Bertz CT molecular complexity index is 949. The molecule has 2 rings (SSSR count). The number of anilines is 1. The van der Waals surface area contributed by atoms with Crippen LogP contribution in [0.5, 0.6) is 0 Å². The molecule has 0 aromatic heterocycles. The summed E-state index contributed by atoms with van der Waals surface area (Å²) < 4.78 is 133. The normalized spacial score (nSPS) is 17.8. The van der Waals surface area contributed by atoms with Gasteiger partial charge in [-0.1, -0.05) is 37.5 Å². The maximum atomic E-state index is 14.3. The molecule has 0 bridgehead atoms. The second kappa shape index (κ2) is 9.79. The van der Waals surface area contributed by atoms with Crippen molar-refractivity contribution in [2.45, 2.75) is 53.5 Å². The van der Waals surface area contributed by atoms with E-state index in [4.69, 9.17) is 0 Å². The van der Waals surface area contributed by atoms with Crippen LogP contribution in [-0.4, -0.2) is 42.7 Å². The molecule has 33 heavy (non-hydrogen) atoms. The summed E-state index contributed by atoms with van der Waals surface area (Å²) in [5, 5.41) is -6.39. The minimum Gasteiger partial charge on any atom is -0.332 e. The summed E-state index contributed by atoms with van der Waals surface area (Å²) in [6.45, 7) is 0. The molecular formula is C18H19F8IN2O3S. The van der Waals surface area contributed by atoms with Gasteiger partial charge in [-0.2, -0.15) is 43.5 Å². The maximum Gasteiger partial charge on any atom is 0.455 e. The molecule has 1 aliphatic rings. The predicted molar refractivity (Wildman–Crippen MR) is 113 cm³/mol. The molecule has 0 atom stereocenters. The molecule has 1 fully saturated rings. The lowest BCUT2D eigenvalue weighted by atomic mass is 9.88. The fourth-order valence-electron chi connectivity index (χ4n) is 3.16. The third kappa shape index (κ3) is 6.07. The Kier molecular flexibility index (Phi) is 8.31. The van der Waals surface area contributed by atoms with E-state index in [1.165, 1.54) is 19.2 Å². The molecule has 1 aromatic rings. The Morgan fingerprint density at radius 1 is 0.970 bits per heavy atom. The van der Waals surface area contributed by atoms with Crippen LogP contribution >= 0.6 is 22.6 Å². The lowest BCUT2D eigenvalue weighted by molar-refractivity contribution is -0.438. The van der Waals surface area contributed by atoms with Crippen LogP contribution < -0.4 is 4.90 Å². The predicted octanol–water partition coefficient (Wildman–Crippen LogP) is 6.25. The molecule has 0 unspecified atom stereocenters. The highest BCUT2D eigenvalue weighted by atomic mass is 127. The van der Waals surface area contributed by atoms with Gasteiger partial charge in [0.25, 0.3) is 0 Å². The smallest absolute Gasteiger partial charge is 0.332 e. The van der Waals surface area contributed by atoms with Crippen molar-refractivity contribution in [1.29, 1.82) is 0 Å². The Labute approximate surface area is 198 Å². The minimum atomic E-state index is -6.58. The van der Waals surface area contributed by atoms with Gasteiger partial charge in [0.05, 0.1) is 0 Å². The Hall–Kier alpha value is -1.23. The van der Waals surface area contributed by atoms with Crippen molar-refractivity contribution in [2.75, 3.05) is 11.9 Å². The van der Waals surface area contributed by atoms with E-state index in [0.717, 1.165) is 11.3 Å². The van der Waals surface area contributed by atoms with E-state index in [2.05, 4.69) is 9.13 Å². The zero-order valence-electron chi connectivity index (χ0n) is 16.9. The van der Waals surface area contributed by atoms with Crippen molar-refractivity contribution < 1.29 is 48.3 Å². The van der Waals surface area contributed by atoms with Gasteiger partial charge in [-0.3, -0.25) is 0 Å². The third-order valence-corrected chi connectivity index (χ3v) is 6.86. The summed E-state index contributed by atoms with van der Waals surface area (Å²) >= 11 is -0.298. The maximum absolute atomic E-state index is 14.3. The Morgan fingerprint density at radius 3 is 1.97 bits per heavy atom. The fraction of sp³-hybridized carbons (Fsp3) is 0.611. The standard InChI is InChI=1S/C18H19F8IN2O3S/c1-29(13-10-6-3-7-11-13)14(12-8-4-2-5-9-12)28-33(30,31)18(25,26)17(23,24)32-16(21,22)15(19,20)27/h3,6-7,10-12H,2,4-5,8-9H2,1H3/b28-14+. The first-order valence-electron chi connectivity index (χ1n) is 9.46. The lowest BCUT2D eigenvalue weighted by Gasteiger charge is -2.32. The molecule has 0 saturated heterocycles. The van der Waals surface area contributed by atoms with Crippen LogP contribution in [0.2, 0.25) is 0 Å². The lowest BCUT2D eigenvalue weighted by Crippen LogP contribution is -2.54. The highest BCUT2D eigenvalue weighted by Gasteiger charge is 2.74. The number of nitrogens with zero attached hydrogens (tertiary/aromatic N) is 2. The van der Waals surface area contributed by atoms with Gasteiger partial charge in [0, 0.05) is 41.2 Å². The second-order valence-corrected chi connectivity index (χ2v) is 10.3. The summed E-state index contributed by atoms with van der Waals surface area (Å²) in [6.07, 6.45) is -10.1. The molecule has 0 spiro atoms. The van der Waals surface area contributed by atoms with Crippen molar-refractivity contribution in [1.82, 2.24) is 0 Å². The largest absolute Gasteiger partial charge is 0.455 e. The molecule has 1 saturated carbocycles. The first-order chi connectivity index (χ1) is 14.9. The van der Waals surface area contributed by atoms with E-state index < -0.39 is 43.2 Å². The van der Waals surface area contributed by atoms with Crippen LogP contribution in [0, 0.1) is 5.92 Å².